The fourth-order valence-corrected chi connectivity index (χ4v) is 4.13. The Labute approximate surface area is 127 Å². The molecule has 2 aliphatic carbocycles. The number of carbonyl (C=O) groups is 2. The van der Waals surface area contributed by atoms with E-state index in [0.717, 1.165) is 12.3 Å². The molecule has 0 saturated heterocycles. The predicted molar refractivity (Wildman–Crippen MR) is 80.4 cm³/mol. The SMILES string of the molecule is CC1(C)[C@H]2CC[C@@]1(C)[C@@H](NC(=O)CCOCCC(N)=O)C2. The van der Waals surface area contributed by atoms with Gasteiger partial charge in [-0.05, 0) is 36.0 Å². The number of amides is 2. The molecule has 3 N–H and O–H groups in total. The van der Waals surface area contributed by atoms with Crippen LogP contribution in [0.1, 0.15) is 52.9 Å². The Kier molecular flexibility index (Phi) is 4.61. The summed E-state index contributed by atoms with van der Waals surface area (Å²) in [7, 11) is 0. The van der Waals surface area contributed by atoms with E-state index in [1.165, 1.54) is 12.8 Å². The molecule has 5 heteroatoms. The Hall–Kier alpha value is -1.10. The van der Waals surface area contributed by atoms with Crippen molar-refractivity contribution in [3.05, 3.63) is 0 Å². The molecule has 2 aliphatic rings. The van der Waals surface area contributed by atoms with E-state index in [2.05, 4.69) is 26.1 Å². The van der Waals surface area contributed by atoms with Crippen LogP contribution in [0, 0.1) is 16.7 Å². The van der Waals surface area contributed by atoms with Crippen molar-refractivity contribution in [2.24, 2.45) is 22.5 Å². The molecular formula is C16H28N2O3. The van der Waals surface area contributed by atoms with Crippen molar-refractivity contribution in [3.8, 4) is 0 Å². The first-order chi connectivity index (χ1) is 9.77. The van der Waals surface area contributed by atoms with Gasteiger partial charge in [0.1, 0.15) is 0 Å². The molecule has 120 valence electrons. The molecule has 0 unspecified atom stereocenters. The molecule has 21 heavy (non-hydrogen) atoms. The van der Waals surface area contributed by atoms with Crippen LogP contribution in [0.4, 0.5) is 0 Å². The first kappa shape index (κ1) is 16.3. The zero-order valence-electron chi connectivity index (χ0n) is 13.4. The largest absolute Gasteiger partial charge is 0.380 e. The van der Waals surface area contributed by atoms with Crippen LogP contribution in [-0.2, 0) is 14.3 Å². The molecule has 2 rings (SSSR count). The number of fused-ring (bicyclic) bond motifs is 2. The minimum absolute atomic E-state index is 0.0450. The number of hydrogen-bond donors (Lipinski definition) is 2. The normalized spacial score (nSPS) is 33.1. The average molecular weight is 296 g/mol. The maximum absolute atomic E-state index is 12.0. The summed E-state index contributed by atoms with van der Waals surface area (Å²) in [6.45, 7) is 7.62. The highest BCUT2D eigenvalue weighted by molar-refractivity contribution is 5.76. The van der Waals surface area contributed by atoms with E-state index < -0.39 is 0 Å². The number of ether oxygens (including phenoxy) is 1. The highest BCUT2D eigenvalue weighted by Crippen LogP contribution is 2.65. The summed E-state index contributed by atoms with van der Waals surface area (Å²) in [6.07, 6.45) is 4.13. The van der Waals surface area contributed by atoms with Crippen molar-refractivity contribution in [1.82, 2.24) is 5.32 Å². The Morgan fingerprint density at radius 1 is 1.24 bits per heavy atom. The molecule has 0 aromatic heterocycles. The molecule has 0 radical (unpaired) electrons. The van der Waals surface area contributed by atoms with E-state index >= 15 is 0 Å². The third-order valence-electron chi connectivity index (χ3n) is 6.10. The van der Waals surface area contributed by atoms with Gasteiger partial charge in [-0.2, -0.15) is 0 Å². The van der Waals surface area contributed by atoms with Crippen LogP contribution in [0.15, 0.2) is 0 Å². The summed E-state index contributed by atoms with van der Waals surface area (Å²) in [6, 6.07) is 0.282. The average Bonchev–Trinajstić information content (AvgIpc) is 2.71. The van der Waals surface area contributed by atoms with Crippen LogP contribution in [0.2, 0.25) is 0 Å². The number of primary amides is 1. The van der Waals surface area contributed by atoms with Gasteiger partial charge >= 0.3 is 0 Å². The Balaban J connectivity index is 1.73. The van der Waals surface area contributed by atoms with Crippen molar-refractivity contribution in [2.45, 2.75) is 58.9 Å². The zero-order valence-corrected chi connectivity index (χ0v) is 13.4. The van der Waals surface area contributed by atoms with Crippen molar-refractivity contribution >= 4 is 11.8 Å². The second-order valence-corrected chi connectivity index (χ2v) is 7.31. The standard InChI is InChI=1S/C16H28N2O3/c1-15(2)11-4-7-16(15,3)12(10-11)18-14(20)6-9-21-8-5-13(17)19/h11-12H,4-10H2,1-3H3,(H2,17,19)(H,18,20)/t11-,12-,16-/m0/s1. The quantitative estimate of drug-likeness (QED) is 0.700. The van der Waals surface area contributed by atoms with Crippen LogP contribution in [0.25, 0.3) is 0 Å². The molecule has 0 aromatic carbocycles. The second-order valence-electron chi connectivity index (χ2n) is 7.31. The topological polar surface area (TPSA) is 81.4 Å². The number of rotatable bonds is 7. The molecule has 2 amide bonds. The van der Waals surface area contributed by atoms with Gasteiger partial charge in [-0.25, -0.2) is 0 Å². The van der Waals surface area contributed by atoms with E-state index in [1.807, 2.05) is 0 Å². The summed E-state index contributed by atoms with van der Waals surface area (Å²) < 4.78 is 5.25. The van der Waals surface area contributed by atoms with Gasteiger partial charge in [0.15, 0.2) is 0 Å². The van der Waals surface area contributed by atoms with Crippen molar-refractivity contribution < 1.29 is 14.3 Å². The maximum Gasteiger partial charge on any atom is 0.222 e. The fourth-order valence-electron chi connectivity index (χ4n) is 4.13. The van der Waals surface area contributed by atoms with Crippen LogP contribution in [0.3, 0.4) is 0 Å². The van der Waals surface area contributed by atoms with Gasteiger partial charge < -0.3 is 15.8 Å². The third-order valence-corrected chi connectivity index (χ3v) is 6.10. The van der Waals surface area contributed by atoms with Gasteiger partial charge in [0.05, 0.1) is 13.2 Å². The Morgan fingerprint density at radius 2 is 1.90 bits per heavy atom. The number of hydrogen-bond acceptors (Lipinski definition) is 3. The highest BCUT2D eigenvalue weighted by atomic mass is 16.5. The van der Waals surface area contributed by atoms with E-state index in [1.54, 1.807) is 0 Å². The molecular weight excluding hydrogens is 268 g/mol. The smallest absolute Gasteiger partial charge is 0.222 e. The Bertz CT molecular complexity index is 422. The van der Waals surface area contributed by atoms with Gasteiger partial charge in [-0.15, -0.1) is 0 Å². The molecule has 0 spiro atoms. The maximum atomic E-state index is 12.0. The first-order valence-corrected chi connectivity index (χ1v) is 7.93. The summed E-state index contributed by atoms with van der Waals surface area (Å²) >= 11 is 0. The summed E-state index contributed by atoms with van der Waals surface area (Å²) in [5.74, 6) is 0.389. The van der Waals surface area contributed by atoms with E-state index in [-0.39, 0.29) is 29.7 Å². The monoisotopic (exact) mass is 296 g/mol. The third kappa shape index (κ3) is 3.07. The van der Waals surface area contributed by atoms with Crippen molar-refractivity contribution in [2.75, 3.05) is 13.2 Å². The molecule has 0 aromatic rings. The minimum Gasteiger partial charge on any atom is -0.380 e. The summed E-state index contributed by atoms with van der Waals surface area (Å²) in [5, 5.41) is 3.20. The van der Waals surface area contributed by atoms with Crippen LogP contribution >= 0.6 is 0 Å². The van der Waals surface area contributed by atoms with Gasteiger partial charge in [0.25, 0.3) is 0 Å². The fraction of sp³-hybridized carbons (Fsp3) is 0.875. The lowest BCUT2D eigenvalue weighted by Gasteiger charge is -2.39. The van der Waals surface area contributed by atoms with Crippen molar-refractivity contribution in [3.63, 3.8) is 0 Å². The van der Waals surface area contributed by atoms with Crippen LogP contribution in [-0.4, -0.2) is 31.1 Å². The molecule has 3 atom stereocenters. The molecule has 5 nitrogen and oxygen atoms in total. The second kappa shape index (κ2) is 5.95. The van der Waals surface area contributed by atoms with Gasteiger partial charge in [-0.1, -0.05) is 20.8 Å². The molecule has 2 bridgehead atoms. The Morgan fingerprint density at radius 3 is 2.43 bits per heavy atom. The lowest BCUT2D eigenvalue weighted by Crippen LogP contribution is -2.47. The summed E-state index contributed by atoms with van der Waals surface area (Å²) in [5.41, 5.74) is 5.54. The van der Waals surface area contributed by atoms with E-state index in [4.69, 9.17) is 10.5 Å². The number of nitrogens with one attached hydrogen (secondary N) is 1. The van der Waals surface area contributed by atoms with Gasteiger partial charge in [-0.3, -0.25) is 9.59 Å². The van der Waals surface area contributed by atoms with Crippen LogP contribution in [0.5, 0.6) is 0 Å². The van der Waals surface area contributed by atoms with Crippen molar-refractivity contribution in [1.29, 1.82) is 0 Å². The number of carbonyl (C=O) groups excluding carboxylic acids is 2. The lowest BCUT2D eigenvalue weighted by molar-refractivity contribution is -0.124. The predicted octanol–water partition coefficient (Wildman–Crippen LogP) is 1.60. The summed E-state index contributed by atoms with van der Waals surface area (Å²) in [4.78, 5) is 22.6. The molecule has 2 fully saturated rings. The van der Waals surface area contributed by atoms with Gasteiger partial charge in [0.2, 0.25) is 11.8 Å². The van der Waals surface area contributed by atoms with Crippen LogP contribution < -0.4 is 11.1 Å². The minimum atomic E-state index is -0.378. The first-order valence-electron chi connectivity index (χ1n) is 7.93. The highest BCUT2D eigenvalue weighted by Gasteiger charge is 2.61. The lowest BCUT2D eigenvalue weighted by atomic mass is 9.69. The van der Waals surface area contributed by atoms with E-state index in [9.17, 15) is 9.59 Å². The molecule has 2 saturated carbocycles. The molecule has 0 aliphatic heterocycles. The zero-order chi connectivity index (χ0) is 15.7. The number of nitrogens with two attached hydrogens (primary N) is 1. The molecule has 0 heterocycles. The van der Waals surface area contributed by atoms with Gasteiger partial charge in [0, 0.05) is 18.9 Å². The van der Waals surface area contributed by atoms with E-state index in [0.29, 0.717) is 25.0 Å².